The van der Waals surface area contributed by atoms with E-state index in [0.29, 0.717) is 13.0 Å². The maximum atomic E-state index is 12.9. The molecule has 6 nitrogen and oxygen atoms in total. The van der Waals surface area contributed by atoms with E-state index >= 15 is 0 Å². The molecule has 1 aliphatic heterocycles. The minimum absolute atomic E-state index is 0.122. The summed E-state index contributed by atoms with van der Waals surface area (Å²) >= 11 is 0. The summed E-state index contributed by atoms with van der Waals surface area (Å²) in [5.41, 5.74) is 13.2. The first-order chi connectivity index (χ1) is 21.4. The third-order valence-corrected chi connectivity index (χ3v) is 9.09. The van der Waals surface area contributed by atoms with Gasteiger partial charge >= 0.3 is 6.36 Å². The second kappa shape index (κ2) is 13.4. The summed E-state index contributed by atoms with van der Waals surface area (Å²) in [6.45, 7) is 14.6. The number of methoxy groups -OCH3 is 1. The van der Waals surface area contributed by atoms with E-state index in [1.165, 1.54) is 28.8 Å². The number of nitrogens with two attached hydrogens (primary N) is 1. The van der Waals surface area contributed by atoms with Crippen molar-refractivity contribution in [3.63, 3.8) is 0 Å². The van der Waals surface area contributed by atoms with Crippen LogP contribution in [0.5, 0.6) is 11.5 Å². The van der Waals surface area contributed by atoms with Gasteiger partial charge in [-0.1, -0.05) is 25.1 Å². The molecular formula is C36H45F3N4O2. The summed E-state index contributed by atoms with van der Waals surface area (Å²) in [4.78, 5) is 5.05. The van der Waals surface area contributed by atoms with Crippen LogP contribution < -0.4 is 15.2 Å². The van der Waals surface area contributed by atoms with E-state index in [2.05, 4.69) is 82.5 Å². The van der Waals surface area contributed by atoms with E-state index in [-0.39, 0.29) is 11.3 Å². The van der Waals surface area contributed by atoms with Gasteiger partial charge in [-0.2, -0.15) is 0 Å². The molecule has 2 N–H and O–H groups in total. The van der Waals surface area contributed by atoms with Gasteiger partial charge in [0.05, 0.1) is 7.11 Å². The molecule has 1 fully saturated rings. The van der Waals surface area contributed by atoms with Gasteiger partial charge in [-0.05, 0) is 104 Å². The Hall–Kier alpha value is -3.53. The Balaban J connectivity index is 1.38. The number of halogens is 3. The van der Waals surface area contributed by atoms with Crippen LogP contribution in [-0.4, -0.2) is 60.6 Å². The van der Waals surface area contributed by atoms with Crippen LogP contribution in [0.25, 0.3) is 22.0 Å². The lowest BCUT2D eigenvalue weighted by Crippen LogP contribution is -2.52. The monoisotopic (exact) mass is 622 g/mol. The van der Waals surface area contributed by atoms with Crippen LogP contribution in [0.3, 0.4) is 0 Å². The summed E-state index contributed by atoms with van der Waals surface area (Å²) in [7, 11) is 1.71. The first-order valence-electron chi connectivity index (χ1n) is 15.8. The minimum atomic E-state index is -4.73. The maximum absolute atomic E-state index is 12.9. The molecule has 1 aromatic heterocycles. The third kappa shape index (κ3) is 7.48. The molecule has 0 bridgehead atoms. The number of rotatable bonds is 11. The fourth-order valence-corrected chi connectivity index (χ4v) is 6.55. The number of aromatic nitrogens is 1. The molecule has 5 rings (SSSR count). The number of alkyl halides is 3. The van der Waals surface area contributed by atoms with E-state index < -0.39 is 6.36 Å². The molecule has 0 saturated carbocycles. The van der Waals surface area contributed by atoms with E-state index in [0.717, 1.165) is 79.0 Å². The molecule has 2 heterocycles. The van der Waals surface area contributed by atoms with Crippen LogP contribution in [0.15, 0.2) is 60.8 Å². The topological polar surface area (TPSA) is 55.9 Å². The number of nitrogens with zero attached hydrogens (tertiary/aromatic N) is 3. The largest absolute Gasteiger partial charge is 0.573 e. The fourth-order valence-electron chi connectivity index (χ4n) is 6.55. The van der Waals surface area contributed by atoms with Crippen molar-refractivity contribution in [3.05, 3.63) is 83.0 Å². The Kier molecular flexibility index (Phi) is 9.82. The molecule has 1 saturated heterocycles. The molecule has 9 heteroatoms. The van der Waals surface area contributed by atoms with Crippen LogP contribution in [0.4, 0.5) is 13.2 Å². The molecule has 0 spiro atoms. The Morgan fingerprint density at radius 1 is 0.889 bits per heavy atom. The van der Waals surface area contributed by atoms with Crippen LogP contribution in [0, 0.1) is 6.92 Å². The summed E-state index contributed by atoms with van der Waals surface area (Å²) in [5.74, 6) is 0.694. The molecule has 3 aromatic carbocycles. The fraction of sp³-hybridized carbons (Fsp3) is 0.444. The number of ether oxygens (including phenoxy) is 2. The first-order valence-corrected chi connectivity index (χ1v) is 15.8. The molecule has 45 heavy (non-hydrogen) atoms. The Labute approximate surface area is 264 Å². The SMILES string of the molecule is CCc1cc(OC(F)(F)F)ccc1-c1cn(CCCN)c2ccc(CN3CCN(C(C)(C)c4cc(C)cc(OC)c4)CC3)cc12. The first kappa shape index (κ1) is 32.9. The predicted octanol–water partition coefficient (Wildman–Crippen LogP) is 7.49. The van der Waals surface area contributed by atoms with Crippen molar-refractivity contribution in [2.75, 3.05) is 39.8 Å². The van der Waals surface area contributed by atoms with Crippen molar-refractivity contribution in [1.82, 2.24) is 14.4 Å². The lowest BCUT2D eigenvalue weighted by atomic mass is 9.90. The van der Waals surface area contributed by atoms with Gasteiger partial charge in [0.1, 0.15) is 11.5 Å². The van der Waals surface area contributed by atoms with Gasteiger partial charge in [-0.25, -0.2) is 0 Å². The van der Waals surface area contributed by atoms with Gasteiger partial charge in [0, 0.05) is 67.5 Å². The van der Waals surface area contributed by atoms with E-state index in [9.17, 15) is 13.2 Å². The van der Waals surface area contributed by atoms with E-state index in [1.54, 1.807) is 13.2 Å². The molecule has 0 atom stereocenters. The van der Waals surface area contributed by atoms with Crippen molar-refractivity contribution in [3.8, 4) is 22.6 Å². The summed E-state index contributed by atoms with van der Waals surface area (Å²) in [6.07, 6.45) is -1.20. The molecule has 1 aliphatic rings. The molecule has 0 radical (unpaired) electrons. The second-order valence-corrected chi connectivity index (χ2v) is 12.5. The zero-order valence-corrected chi connectivity index (χ0v) is 27.0. The highest BCUT2D eigenvalue weighted by atomic mass is 19.4. The predicted molar refractivity (Wildman–Crippen MR) is 175 cm³/mol. The molecule has 0 aliphatic carbocycles. The van der Waals surface area contributed by atoms with Crippen molar-refractivity contribution in [1.29, 1.82) is 0 Å². The summed E-state index contributed by atoms with van der Waals surface area (Å²) in [5, 5.41) is 1.09. The Bertz CT molecular complexity index is 1620. The smallest absolute Gasteiger partial charge is 0.497 e. The van der Waals surface area contributed by atoms with E-state index in [1.807, 2.05) is 6.92 Å². The number of aryl methyl sites for hydroxylation is 3. The highest BCUT2D eigenvalue weighted by Crippen LogP contribution is 2.37. The number of hydrogen-bond acceptors (Lipinski definition) is 5. The van der Waals surface area contributed by atoms with Gasteiger partial charge in [0.15, 0.2) is 0 Å². The zero-order chi connectivity index (χ0) is 32.4. The second-order valence-electron chi connectivity index (χ2n) is 12.5. The standard InChI is InChI=1S/C36H45F3N4O2/c1-6-27-21-29(45-36(37,38)39)9-10-31(27)33-24-42(13-7-12-40)34-11-8-26(20-32(33)34)23-41-14-16-43(17-15-41)35(3,4)28-18-25(2)19-30(22-28)44-5/h8-11,18-22,24H,6-7,12-17,23,40H2,1-5H3. The quantitative estimate of drug-likeness (QED) is 0.188. The van der Waals surface area contributed by atoms with E-state index in [4.69, 9.17) is 10.5 Å². The van der Waals surface area contributed by atoms with Crippen molar-refractivity contribution < 1.29 is 22.6 Å². The third-order valence-electron chi connectivity index (χ3n) is 9.09. The minimum Gasteiger partial charge on any atom is -0.497 e. The normalized spacial score (nSPS) is 15.1. The lowest BCUT2D eigenvalue weighted by Gasteiger charge is -2.44. The van der Waals surface area contributed by atoms with Crippen LogP contribution in [0.1, 0.15) is 49.4 Å². The number of hydrogen-bond donors (Lipinski definition) is 1. The number of piperazine rings is 1. The van der Waals surface area contributed by atoms with Gasteiger partial charge in [0.25, 0.3) is 0 Å². The Morgan fingerprint density at radius 2 is 1.64 bits per heavy atom. The summed E-state index contributed by atoms with van der Waals surface area (Å²) < 4.78 is 50.7. The molecule has 0 amide bonds. The molecule has 0 unspecified atom stereocenters. The van der Waals surface area contributed by atoms with Gasteiger partial charge in [0.2, 0.25) is 0 Å². The highest BCUT2D eigenvalue weighted by Gasteiger charge is 2.33. The lowest BCUT2D eigenvalue weighted by molar-refractivity contribution is -0.274. The number of fused-ring (bicyclic) bond motifs is 1. The summed E-state index contributed by atoms with van der Waals surface area (Å²) in [6, 6.07) is 17.7. The van der Waals surface area contributed by atoms with Crippen molar-refractivity contribution in [2.45, 2.75) is 65.5 Å². The molecule has 242 valence electrons. The molecule has 4 aromatic rings. The Morgan fingerprint density at radius 3 is 2.31 bits per heavy atom. The number of benzene rings is 3. The average molecular weight is 623 g/mol. The van der Waals surface area contributed by atoms with Crippen molar-refractivity contribution >= 4 is 10.9 Å². The van der Waals surface area contributed by atoms with Crippen molar-refractivity contribution in [2.24, 2.45) is 5.73 Å². The molecular weight excluding hydrogens is 577 g/mol. The maximum Gasteiger partial charge on any atom is 0.573 e. The van der Waals surface area contributed by atoms with Crippen LogP contribution >= 0.6 is 0 Å². The van der Waals surface area contributed by atoms with Crippen LogP contribution in [0.2, 0.25) is 0 Å². The average Bonchev–Trinajstić information content (AvgIpc) is 3.36. The van der Waals surface area contributed by atoms with Gasteiger partial charge in [-0.15, -0.1) is 13.2 Å². The van der Waals surface area contributed by atoms with Gasteiger partial charge < -0.3 is 19.8 Å². The zero-order valence-electron chi connectivity index (χ0n) is 27.0. The highest BCUT2D eigenvalue weighted by molar-refractivity contribution is 5.97. The van der Waals surface area contributed by atoms with Crippen LogP contribution in [-0.2, 0) is 25.0 Å². The van der Waals surface area contributed by atoms with Gasteiger partial charge in [-0.3, -0.25) is 9.80 Å².